The molecule has 1 saturated carbocycles. The van der Waals surface area contributed by atoms with Crippen molar-refractivity contribution >= 4 is 22.9 Å². The van der Waals surface area contributed by atoms with Crippen LogP contribution in [0.5, 0.6) is 0 Å². The summed E-state index contributed by atoms with van der Waals surface area (Å²) >= 11 is 2.16. The number of nitrogens with zero attached hydrogens (tertiary/aromatic N) is 1. The van der Waals surface area contributed by atoms with Crippen molar-refractivity contribution in [2.45, 2.75) is 40.0 Å². The van der Waals surface area contributed by atoms with Crippen molar-refractivity contribution in [1.29, 1.82) is 0 Å². The first-order valence-electron chi connectivity index (χ1n) is 5.98. The predicted molar refractivity (Wildman–Crippen MR) is 75.0 cm³/mol. The Bertz CT molecular complexity index is 222. The maximum atomic E-state index is 3.06. The van der Waals surface area contributed by atoms with Gasteiger partial charge in [-0.05, 0) is 43.7 Å². The van der Waals surface area contributed by atoms with Crippen LogP contribution in [-0.2, 0) is 0 Å². The van der Waals surface area contributed by atoms with Crippen molar-refractivity contribution in [2.75, 3.05) is 19.6 Å². The first-order valence-corrected chi connectivity index (χ1v) is 7.06. The van der Waals surface area contributed by atoms with E-state index in [4.69, 9.17) is 0 Å². The molecule has 0 aromatic heterocycles. The fraction of sp³-hybridized carbons (Fsp3) is 0.833. The van der Waals surface area contributed by atoms with Crippen LogP contribution in [0, 0.1) is 5.41 Å². The molecule has 88 valence electrons. The molecule has 2 aliphatic rings. The molecule has 1 saturated heterocycles. The lowest BCUT2D eigenvalue weighted by atomic mass is 10.1. The summed E-state index contributed by atoms with van der Waals surface area (Å²) in [5.74, 6) is 0. The normalized spacial score (nSPS) is 23.6. The molecule has 0 aromatic carbocycles. The number of hydrogen-bond acceptors (Lipinski definition) is 2. The molecule has 0 aromatic rings. The van der Waals surface area contributed by atoms with Gasteiger partial charge in [0.15, 0.2) is 0 Å². The van der Waals surface area contributed by atoms with Crippen LogP contribution in [0.15, 0.2) is 11.8 Å². The lowest BCUT2D eigenvalue weighted by Gasteiger charge is -2.15. The highest BCUT2D eigenvalue weighted by atomic mass is 127. The third-order valence-corrected chi connectivity index (χ3v) is 3.56. The Morgan fingerprint density at radius 2 is 2.07 bits per heavy atom. The second kappa shape index (κ2) is 6.09. The average molecular weight is 322 g/mol. The molecule has 0 unspecified atom stereocenters. The Morgan fingerprint density at radius 1 is 1.40 bits per heavy atom. The summed E-state index contributed by atoms with van der Waals surface area (Å²) in [5, 5.41) is 0. The lowest BCUT2D eigenvalue weighted by molar-refractivity contribution is 0.346. The molecule has 2 nitrogen and oxygen atoms in total. The third kappa shape index (κ3) is 3.94. The standard InChI is InChI=1S/C10H17IN2.C2H6/c1-9(6-12-11)7-13-5-4-10(8-13)2-3-10;1-2/h6,12H,2-5,7-8H2,1H3;1-2H3/b9-6+;. The summed E-state index contributed by atoms with van der Waals surface area (Å²) in [7, 11) is 0. The first-order chi connectivity index (χ1) is 7.24. The van der Waals surface area contributed by atoms with Gasteiger partial charge in [0.1, 0.15) is 0 Å². The van der Waals surface area contributed by atoms with E-state index in [1.165, 1.54) is 37.9 Å². The number of nitrogens with one attached hydrogen (secondary N) is 1. The zero-order valence-electron chi connectivity index (χ0n) is 10.1. The summed E-state index contributed by atoms with van der Waals surface area (Å²) in [5.41, 5.74) is 2.21. The van der Waals surface area contributed by atoms with Gasteiger partial charge in [0, 0.05) is 19.3 Å². The zero-order chi connectivity index (χ0) is 11.3. The molecule has 0 amide bonds. The van der Waals surface area contributed by atoms with Gasteiger partial charge in [0.25, 0.3) is 0 Å². The van der Waals surface area contributed by atoms with Gasteiger partial charge in [-0.2, -0.15) is 0 Å². The van der Waals surface area contributed by atoms with Crippen LogP contribution >= 0.6 is 22.9 Å². The van der Waals surface area contributed by atoms with Crippen molar-refractivity contribution in [2.24, 2.45) is 5.41 Å². The molecule has 1 aliphatic carbocycles. The SMILES string of the molecule is C/C(=C\NI)CN1CCC2(CC2)C1.CC. The molecule has 1 N–H and O–H groups in total. The van der Waals surface area contributed by atoms with Crippen molar-refractivity contribution in [3.8, 4) is 0 Å². The molecule has 0 bridgehead atoms. The van der Waals surface area contributed by atoms with Crippen LogP contribution in [0.4, 0.5) is 0 Å². The minimum absolute atomic E-state index is 0.776. The summed E-state index contributed by atoms with van der Waals surface area (Å²) in [4.78, 5) is 2.59. The van der Waals surface area contributed by atoms with E-state index in [1.54, 1.807) is 0 Å². The molecule has 2 rings (SSSR count). The van der Waals surface area contributed by atoms with Crippen molar-refractivity contribution in [3.63, 3.8) is 0 Å². The highest BCUT2D eigenvalue weighted by molar-refractivity contribution is 14.1. The van der Waals surface area contributed by atoms with Crippen LogP contribution in [0.3, 0.4) is 0 Å². The maximum Gasteiger partial charge on any atom is 0.0555 e. The number of rotatable bonds is 3. The lowest BCUT2D eigenvalue weighted by Crippen LogP contribution is -2.23. The quantitative estimate of drug-likeness (QED) is 0.633. The van der Waals surface area contributed by atoms with Crippen LogP contribution in [-0.4, -0.2) is 24.5 Å². The zero-order valence-corrected chi connectivity index (χ0v) is 12.3. The van der Waals surface area contributed by atoms with E-state index < -0.39 is 0 Å². The Labute approximate surface area is 108 Å². The van der Waals surface area contributed by atoms with Crippen molar-refractivity contribution in [1.82, 2.24) is 8.43 Å². The average Bonchev–Trinajstić information content (AvgIpc) is 2.86. The molecular formula is C12H23IN2. The fourth-order valence-electron chi connectivity index (χ4n) is 2.24. The topological polar surface area (TPSA) is 15.3 Å². The fourth-order valence-corrected chi connectivity index (χ4v) is 2.77. The van der Waals surface area contributed by atoms with Gasteiger partial charge in [0.05, 0.1) is 22.9 Å². The molecule has 1 spiro atoms. The Hall–Kier alpha value is 0.230. The van der Waals surface area contributed by atoms with Crippen LogP contribution in [0.25, 0.3) is 0 Å². The molecule has 0 radical (unpaired) electrons. The summed E-state index contributed by atoms with van der Waals surface area (Å²) in [6, 6.07) is 0. The number of likely N-dealkylation sites (tertiary alicyclic amines) is 1. The van der Waals surface area contributed by atoms with E-state index in [0.29, 0.717) is 0 Å². The molecule has 15 heavy (non-hydrogen) atoms. The second-order valence-corrected chi connectivity index (χ2v) is 5.18. The minimum atomic E-state index is 0.776. The molecule has 2 fully saturated rings. The molecule has 1 aliphatic heterocycles. The van der Waals surface area contributed by atoms with Gasteiger partial charge >= 0.3 is 0 Å². The van der Waals surface area contributed by atoms with Gasteiger partial charge in [-0.25, -0.2) is 0 Å². The van der Waals surface area contributed by atoms with Gasteiger partial charge < -0.3 is 3.53 Å². The predicted octanol–water partition coefficient (Wildman–Crippen LogP) is 3.34. The Balaban J connectivity index is 0.000000531. The van der Waals surface area contributed by atoms with Gasteiger partial charge in [-0.1, -0.05) is 13.8 Å². The highest BCUT2D eigenvalue weighted by Gasteiger charge is 2.47. The van der Waals surface area contributed by atoms with Gasteiger partial charge in [0.2, 0.25) is 0 Å². The Morgan fingerprint density at radius 3 is 2.53 bits per heavy atom. The molecule has 1 heterocycles. The highest BCUT2D eigenvalue weighted by Crippen LogP contribution is 2.52. The molecular weight excluding hydrogens is 299 g/mol. The summed E-state index contributed by atoms with van der Waals surface area (Å²) < 4.78 is 3.06. The van der Waals surface area contributed by atoms with E-state index in [9.17, 15) is 0 Å². The van der Waals surface area contributed by atoms with Crippen LogP contribution in [0.1, 0.15) is 40.0 Å². The third-order valence-electron chi connectivity index (χ3n) is 3.25. The number of halogens is 1. The number of hydrogen-bond donors (Lipinski definition) is 1. The van der Waals surface area contributed by atoms with Crippen molar-refractivity contribution < 1.29 is 0 Å². The van der Waals surface area contributed by atoms with Crippen molar-refractivity contribution in [3.05, 3.63) is 11.8 Å². The Kier molecular flexibility index (Phi) is 5.39. The van der Waals surface area contributed by atoms with E-state index in [2.05, 4.69) is 44.4 Å². The van der Waals surface area contributed by atoms with Gasteiger partial charge in [-0.3, -0.25) is 4.90 Å². The molecule has 3 heteroatoms. The van der Waals surface area contributed by atoms with Crippen LogP contribution in [0.2, 0.25) is 0 Å². The minimum Gasteiger partial charge on any atom is -0.335 e. The monoisotopic (exact) mass is 322 g/mol. The van der Waals surface area contributed by atoms with E-state index >= 15 is 0 Å². The van der Waals surface area contributed by atoms with E-state index in [1.807, 2.05) is 13.8 Å². The largest absolute Gasteiger partial charge is 0.335 e. The summed E-state index contributed by atoms with van der Waals surface area (Å²) in [6.07, 6.45) is 6.50. The van der Waals surface area contributed by atoms with E-state index in [-0.39, 0.29) is 0 Å². The maximum absolute atomic E-state index is 3.06. The van der Waals surface area contributed by atoms with Gasteiger partial charge in [-0.15, -0.1) is 0 Å². The first kappa shape index (κ1) is 13.3. The smallest absolute Gasteiger partial charge is 0.0555 e. The second-order valence-electron chi connectivity index (χ2n) is 4.56. The molecule has 0 atom stereocenters. The van der Waals surface area contributed by atoms with E-state index in [0.717, 1.165) is 12.0 Å². The van der Waals surface area contributed by atoms with Crippen LogP contribution < -0.4 is 3.53 Å². The summed E-state index contributed by atoms with van der Waals surface area (Å²) in [6.45, 7) is 10.0.